The Morgan fingerprint density at radius 2 is 1.24 bits per heavy atom. The largest absolute Gasteiger partial charge is 0.378 e. The molecule has 0 bridgehead atoms. The molecule has 42 heavy (non-hydrogen) atoms. The van der Waals surface area contributed by atoms with E-state index in [1.54, 1.807) is 0 Å². The Morgan fingerprint density at radius 3 is 1.74 bits per heavy atom. The van der Waals surface area contributed by atoms with Crippen LogP contribution in [0, 0.1) is 17.3 Å². The first-order chi connectivity index (χ1) is 19.5. The average Bonchev–Trinajstić information content (AvgIpc) is 2.89. The highest BCUT2D eigenvalue weighted by Gasteiger charge is 2.70. The third kappa shape index (κ3) is 14.6. The second-order valence-corrected chi connectivity index (χ2v) is 13.9. The molecule has 0 aromatic carbocycles. The van der Waals surface area contributed by atoms with E-state index in [-0.39, 0.29) is 24.7 Å². The van der Waals surface area contributed by atoms with Crippen LogP contribution < -0.4 is 0 Å². The summed E-state index contributed by atoms with van der Waals surface area (Å²) in [6.07, 6.45) is 5.87. The molecule has 0 N–H and O–H groups in total. The molecular weight excluding hydrogens is 536 g/mol. The molecule has 0 aliphatic heterocycles. The van der Waals surface area contributed by atoms with Gasteiger partial charge in [-0.05, 0) is 86.0 Å². The first-order valence-corrected chi connectivity index (χ1v) is 16.8. The number of hydrogen-bond acceptors (Lipinski definition) is 8. The molecule has 0 spiro atoms. The number of unbranched alkanes of at least 4 members (excludes halogenated alkanes) is 3. The Kier molecular flexibility index (Phi) is 20.5. The van der Waals surface area contributed by atoms with E-state index in [0.29, 0.717) is 32.3 Å². The zero-order valence-electron chi connectivity index (χ0n) is 30.1. The van der Waals surface area contributed by atoms with Gasteiger partial charge in [0.05, 0.1) is 50.8 Å². The standard InChI is InChI=1S/C34H70O8/c1-15-18-20-23-37-34(40-30(10)17-3,42-39-24-21-27(4)5)32(14,26-35-29(8)9)33(36-22-19-16-2,38-25-28(6)7)41-31(11,12)13/h27-30H,15-26H2,1-14H3. The number of rotatable bonds is 26. The van der Waals surface area contributed by atoms with Crippen LogP contribution in [-0.2, 0) is 38.2 Å². The molecule has 0 aromatic rings. The van der Waals surface area contributed by atoms with Gasteiger partial charge in [0.1, 0.15) is 0 Å². The van der Waals surface area contributed by atoms with Gasteiger partial charge in [0.25, 0.3) is 5.97 Å². The molecule has 0 aliphatic carbocycles. The monoisotopic (exact) mass is 607 g/mol. The summed E-state index contributed by atoms with van der Waals surface area (Å²) in [6.45, 7) is 30.5. The minimum atomic E-state index is -1.78. The lowest BCUT2D eigenvalue weighted by Gasteiger charge is -2.55. The van der Waals surface area contributed by atoms with Crippen LogP contribution in [0.25, 0.3) is 0 Å². The number of hydrogen-bond donors (Lipinski definition) is 0. The van der Waals surface area contributed by atoms with Crippen molar-refractivity contribution in [2.24, 2.45) is 17.3 Å². The van der Waals surface area contributed by atoms with E-state index in [9.17, 15) is 0 Å². The van der Waals surface area contributed by atoms with E-state index in [2.05, 4.69) is 48.5 Å². The van der Waals surface area contributed by atoms with Gasteiger partial charge in [0.2, 0.25) is 0 Å². The zero-order chi connectivity index (χ0) is 32.5. The maximum Gasteiger partial charge on any atom is 0.328 e. The molecule has 0 aromatic heterocycles. The molecule has 0 rings (SSSR count). The van der Waals surface area contributed by atoms with Gasteiger partial charge in [0, 0.05) is 0 Å². The van der Waals surface area contributed by atoms with Crippen LogP contribution in [0.2, 0.25) is 0 Å². The first-order valence-electron chi connectivity index (χ1n) is 16.8. The molecule has 0 aliphatic rings. The minimum Gasteiger partial charge on any atom is -0.378 e. The Morgan fingerprint density at radius 1 is 0.643 bits per heavy atom. The van der Waals surface area contributed by atoms with Crippen molar-refractivity contribution in [3.05, 3.63) is 0 Å². The van der Waals surface area contributed by atoms with Gasteiger partial charge in [-0.2, -0.15) is 4.89 Å². The van der Waals surface area contributed by atoms with Crippen LogP contribution in [0.15, 0.2) is 0 Å². The predicted molar refractivity (Wildman–Crippen MR) is 170 cm³/mol. The molecule has 4 unspecified atom stereocenters. The number of ether oxygens (including phenoxy) is 6. The molecule has 0 fully saturated rings. The fourth-order valence-electron chi connectivity index (χ4n) is 4.03. The smallest absolute Gasteiger partial charge is 0.328 e. The van der Waals surface area contributed by atoms with Gasteiger partial charge in [-0.3, -0.25) is 0 Å². The molecule has 0 radical (unpaired) electrons. The van der Waals surface area contributed by atoms with E-state index >= 15 is 0 Å². The van der Waals surface area contributed by atoms with Crippen LogP contribution in [0.3, 0.4) is 0 Å². The lowest BCUT2D eigenvalue weighted by Crippen LogP contribution is -2.70. The van der Waals surface area contributed by atoms with Crippen molar-refractivity contribution in [1.82, 2.24) is 0 Å². The van der Waals surface area contributed by atoms with Crippen molar-refractivity contribution >= 4 is 0 Å². The third-order valence-electron chi connectivity index (χ3n) is 6.81. The fourth-order valence-corrected chi connectivity index (χ4v) is 4.03. The third-order valence-corrected chi connectivity index (χ3v) is 6.81. The zero-order valence-corrected chi connectivity index (χ0v) is 30.1. The van der Waals surface area contributed by atoms with E-state index in [0.717, 1.165) is 44.9 Å². The van der Waals surface area contributed by atoms with Crippen molar-refractivity contribution in [3.63, 3.8) is 0 Å². The molecule has 0 heterocycles. The molecule has 8 heteroatoms. The van der Waals surface area contributed by atoms with Gasteiger partial charge < -0.3 is 28.4 Å². The second kappa shape index (κ2) is 20.7. The average molecular weight is 607 g/mol. The maximum absolute atomic E-state index is 6.89. The van der Waals surface area contributed by atoms with Crippen molar-refractivity contribution in [2.75, 3.05) is 33.0 Å². The van der Waals surface area contributed by atoms with E-state index in [1.807, 2.05) is 48.5 Å². The summed E-state index contributed by atoms with van der Waals surface area (Å²) < 4.78 is 40.4. The van der Waals surface area contributed by atoms with Crippen molar-refractivity contribution in [2.45, 2.75) is 172 Å². The summed E-state index contributed by atoms with van der Waals surface area (Å²) in [5.41, 5.74) is -1.97. The van der Waals surface area contributed by atoms with Crippen LogP contribution in [-0.4, -0.2) is 62.8 Å². The topological polar surface area (TPSA) is 73.8 Å². The van der Waals surface area contributed by atoms with Gasteiger partial charge >= 0.3 is 5.97 Å². The minimum absolute atomic E-state index is 0.0966. The molecule has 254 valence electrons. The predicted octanol–water partition coefficient (Wildman–Crippen LogP) is 9.05. The maximum atomic E-state index is 6.89. The molecule has 8 nitrogen and oxygen atoms in total. The van der Waals surface area contributed by atoms with E-state index in [4.69, 9.17) is 38.2 Å². The van der Waals surface area contributed by atoms with E-state index < -0.39 is 23.0 Å². The summed E-state index contributed by atoms with van der Waals surface area (Å²) >= 11 is 0. The highest BCUT2D eigenvalue weighted by molar-refractivity contribution is 4.96. The summed E-state index contributed by atoms with van der Waals surface area (Å²) in [7, 11) is 0. The van der Waals surface area contributed by atoms with Crippen LogP contribution >= 0.6 is 0 Å². The quantitative estimate of drug-likeness (QED) is 0.0418. The van der Waals surface area contributed by atoms with Crippen molar-refractivity contribution in [1.29, 1.82) is 0 Å². The summed E-state index contributed by atoms with van der Waals surface area (Å²) in [4.78, 5) is 12.4. The van der Waals surface area contributed by atoms with Crippen molar-refractivity contribution < 1.29 is 38.2 Å². The lowest BCUT2D eigenvalue weighted by molar-refractivity contribution is -0.592. The Hall–Kier alpha value is -0.320. The van der Waals surface area contributed by atoms with Crippen LogP contribution in [0.1, 0.15) is 142 Å². The first kappa shape index (κ1) is 41.7. The lowest BCUT2D eigenvalue weighted by atomic mass is 9.83. The second-order valence-electron chi connectivity index (χ2n) is 13.9. The molecule has 0 amide bonds. The SMILES string of the molecule is CCCCCOC(OOCCC(C)C)(OC(C)CC)C(C)(COC(C)C)C(OCCCC)(OCC(C)C)OC(C)(C)C. The van der Waals surface area contributed by atoms with Gasteiger partial charge in [-0.15, -0.1) is 0 Å². The fraction of sp³-hybridized carbons (Fsp3) is 1.00. The van der Waals surface area contributed by atoms with Crippen LogP contribution in [0.4, 0.5) is 0 Å². The summed E-state index contributed by atoms with van der Waals surface area (Å²) in [6, 6.07) is 0. The molecule has 4 atom stereocenters. The van der Waals surface area contributed by atoms with Gasteiger partial charge in [-0.1, -0.05) is 67.7 Å². The Labute approximate surface area is 260 Å². The molecule has 0 saturated carbocycles. The van der Waals surface area contributed by atoms with Gasteiger partial charge in [0.15, 0.2) is 5.41 Å². The summed E-state index contributed by atoms with van der Waals surface area (Å²) in [5, 5.41) is 0. The van der Waals surface area contributed by atoms with E-state index in [1.165, 1.54) is 0 Å². The highest BCUT2D eigenvalue weighted by atomic mass is 17.3. The molecular formula is C34H70O8. The van der Waals surface area contributed by atoms with Crippen LogP contribution in [0.5, 0.6) is 0 Å². The molecule has 0 saturated heterocycles. The summed E-state index contributed by atoms with van der Waals surface area (Å²) in [5.74, 6) is -2.80. The van der Waals surface area contributed by atoms with Crippen molar-refractivity contribution in [3.8, 4) is 0 Å². The Bertz CT molecular complexity index is 664. The Balaban J connectivity index is 7.48. The van der Waals surface area contributed by atoms with Gasteiger partial charge in [-0.25, -0.2) is 4.89 Å². The highest BCUT2D eigenvalue weighted by Crippen LogP contribution is 2.52. The normalized spacial score (nSPS) is 17.9.